The van der Waals surface area contributed by atoms with Gasteiger partial charge < -0.3 is 9.42 Å². The predicted molar refractivity (Wildman–Crippen MR) is 91.6 cm³/mol. The molecule has 3 rings (SSSR count). The van der Waals surface area contributed by atoms with E-state index in [1.165, 1.54) is 0 Å². The van der Waals surface area contributed by atoms with E-state index >= 15 is 0 Å². The molecular formula is C18H24N4O2. The Balaban J connectivity index is 1.73. The first-order valence-corrected chi connectivity index (χ1v) is 8.26. The molecule has 2 heterocycles. The molecule has 0 spiro atoms. The van der Waals surface area contributed by atoms with Crippen molar-refractivity contribution in [3.8, 4) is 11.4 Å². The van der Waals surface area contributed by atoms with E-state index in [9.17, 15) is 4.79 Å². The van der Waals surface area contributed by atoms with Crippen molar-refractivity contribution in [3.63, 3.8) is 0 Å². The van der Waals surface area contributed by atoms with Crippen LogP contribution in [0.1, 0.15) is 33.1 Å². The van der Waals surface area contributed by atoms with Crippen LogP contribution in [0, 0.1) is 17.3 Å². The number of nitrogens with zero attached hydrogens (tertiary/aromatic N) is 4. The predicted octanol–water partition coefficient (Wildman–Crippen LogP) is 2.99. The first-order chi connectivity index (χ1) is 11.3. The van der Waals surface area contributed by atoms with E-state index in [2.05, 4.69) is 29.0 Å². The number of pyridine rings is 1. The molecule has 6 nitrogen and oxygen atoms in total. The first-order valence-electron chi connectivity index (χ1n) is 8.26. The summed E-state index contributed by atoms with van der Waals surface area (Å²) in [5, 5.41) is 4.10. The fourth-order valence-corrected chi connectivity index (χ4v) is 3.52. The lowest BCUT2D eigenvalue weighted by atomic mass is 9.53. The molecule has 0 aliphatic heterocycles. The number of hydrogen-bond acceptors (Lipinski definition) is 6. The number of rotatable bonds is 5. The Bertz CT molecular complexity index is 751. The molecule has 0 unspecified atom stereocenters. The minimum atomic E-state index is -0.00474. The molecule has 1 fully saturated rings. The molecule has 2 aromatic rings. The smallest absolute Gasteiger partial charge is 0.227 e. The molecule has 0 saturated heterocycles. The second-order valence-corrected chi connectivity index (χ2v) is 7.43. The van der Waals surface area contributed by atoms with Gasteiger partial charge in [-0.25, -0.2) is 4.98 Å². The fourth-order valence-electron chi connectivity index (χ4n) is 3.52. The Morgan fingerprint density at radius 1 is 1.42 bits per heavy atom. The van der Waals surface area contributed by atoms with E-state index in [0.717, 1.165) is 24.2 Å². The summed E-state index contributed by atoms with van der Waals surface area (Å²) >= 11 is 0. The molecule has 2 atom stereocenters. The van der Waals surface area contributed by atoms with Crippen LogP contribution in [0.2, 0.25) is 0 Å². The molecular weight excluding hydrogens is 304 g/mol. The Morgan fingerprint density at radius 3 is 2.79 bits per heavy atom. The van der Waals surface area contributed by atoms with Crippen LogP contribution >= 0.6 is 0 Å². The van der Waals surface area contributed by atoms with Gasteiger partial charge in [-0.3, -0.25) is 4.79 Å². The summed E-state index contributed by atoms with van der Waals surface area (Å²) in [7, 11) is 3.88. The summed E-state index contributed by atoms with van der Waals surface area (Å²) in [5.74, 6) is 2.88. The fraction of sp³-hybridized carbons (Fsp3) is 0.556. The Kier molecular flexibility index (Phi) is 4.15. The van der Waals surface area contributed by atoms with E-state index in [4.69, 9.17) is 4.52 Å². The average Bonchev–Trinajstić information content (AvgIpc) is 2.99. The lowest BCUT2D eigenvalue weighted by Crippen LogP contribution is -2.49. The lowest BCUT2D eigenvalue weighted by Gasteiger charge is -2.50. The topological polar surface area (TPSA) is 72.1 Å². The van der Waals surface area contributed by atoms with Gasteiger partial charge in [0.15, 0.2) is 0 Å². The highest BCUT2D eigenvalue weighted by Crippen LogP contribution is 2.52. The van der Waals surface area contributed by atoms with Crippen molar-refractivity contribution < 1.29 is 9.32 Å². The van der Waals surface area contributed by atoms with Crippen molar-refractivity contribution in [2.45, 2.75) is 33.6 Å². The number of Topliss-reactive ketones (excluding diaryl/α,β-unsaturated/α-hetero) is 1. The third-order valence-corrected chi connectivity index (χ3v) is 5.31. The van der Waals surface area contributed by atoms with Gasteiger partial charge in [-0.05, 0) is 36.8 Å². The van der Waals surface area contributed by atoms with E-state index in [0.29, 0.717) is 17.6 Å². The number of hydrogen-bond donors (Lipinski definition) is 0. The highest BCUT2D eigenvalue weighted by Gasteiger charge is 2.50. The summed E-state index contributed by atoms with van der Waals surface area (Å²) in [6.45, 7) is 5.98. The van der Waals surface area contributed by atoms with Crippen molar-refractivity contribution in [1.29, 1.82) is 0 Å². The quantitative estimate of drug-likeness (QED) is 0.840. The van der Waals surface area contributed by atoms with Crippen LogP contribution in [0.5, 0.6) is 0 Å². The number of carbonyl (C=O) groups is 1. The number of carbonyl (C=O) groups excluding carboxylic acids is 1. The highest BCUT2D eigenvalue weighted by molar-refractivity contribution is 5.80. The van der Waals surface area contributed by atoms with E-state index in [-0.39, 0.29) is 17.1 Å². The third-order valence-electron chi connectivity index (χ3n) is 5.31. The van der Waals surface area contributed by atoms with Gasteiger partial charge in [0.25, 0.3) is 0 Å². The maximum Gasteiger partial charge on any atom is 0.227 e. The normalized spacial score (nSPS) is 22.0. The van der Waals surface area contributed by atoms with Gasteiger partial charge in [-0.1, -0.05) is 19.0 Å². The van der Waals surface area contributed by atoms with Crippen LogP contribution < -0.4 is 4.90 Å². The summed E-state index contributed by atoms with van der Waals surface area (Å²) in [5.41, 5.74) is 0.882. The van der Waals surface area contributed by atoms with Crippen molar-refractivity contribution in [3.05, 3.63) is 24.2 Å². The molecule has 6 heteroatoms. The van der Waals surface area contributed by atoms with E-state index in [1.807, 2.05) is 31.1 Å². The lowest BCUT2D eigenvalue weighted by molar-refractivity contribution is -0.136. The van der Waals surface area contributed by atoms with Crippen LogP contribution in [0.15, 0.2) is 22.9 Å². The van der Waals surface area contributed by atoms with Crippen LogP contribution in [0.25, 0.3) is 11.4 Å². The first kappa shape index (κ1) is 16.6. The largest absolute Gasteiger partial charge is 0.363 e. The molecule has 0 amide bonds. The van der Waals surface area contributed by atoms with E-state index < -0.39 is 0 Å². The van der Waals surface area contributed by atoms with Crippen molar-refractivity contribution in [1.82, 2.24) is 15.1 Å². The van der Waals surface area contributed by atoms with Gasteiger partial charge in [0.05, 0.1) is 0 Å². The van der Waals surface area contributed by atoms with Crippen LogP contribution in [0.3, 0.4) is 0 Å². The minimum absolute atomic E-state index is 0.00474. The Labute approximate surface area is 142 Å². The van der Waals surface area contributed by atoms with E-state index in [1.54, 1.807) is 13.1 Å². The Morgan fingerprint density at radius 2 is 2.17 bits per heavy atom. The molecule has 0 bridgehead atoms. The molecule has 1 aliphatic carbocycles. The molecule has 24 heavy (non-hydrogen) atoms. The van der Waals surface area contributed by atoms with Crippen LogP contribution in [-0.4, -0.2) is 35.0 Å². The van der Waals surface area contributed by atoms with Gasteiger partial charge in [-0.15, -0.1) is 0 Å². The monoisotopic (exact) mass is 328 g/mol. The van der Waals surface area contributed by atoms with Gasteiger partial charge in [0.2, 0.25) is 11.7 Å². The summed E-state index contributed by atoms with van der Waals surface area (Å²) in [6.07, 6.45) is 3.36. The van der Waals surface area contributed by atoms with Crippen LogP contribution in [0.4, 0.5) is 5.82 Å². The minimum Gasteiger partial charge on any atom is -0.363 e. The molecule has 128 valence electrons. The second-order valence-electron chi connectivity index (χ2n) is 7.43. The maximum absolute atomic E-state index is 11.7. The molecule has 0 N–H and O–H groups in total. The number of ketones is 1. The molecule has 0 radical (unpaired) electrons. The zero-order valence-electron chi connectivity index (χ0n) is 14.9. The SMILES string of the molecule is CC(=O)[C@@H]1C[C@H](Cc2nc(-c3ccnc(N(C)C)c3)no2)C1(C)C. The highest BCUT2D eigenvalue weighted by atomic mass is 16.5. The average molecular weight is 328 g/mol. The zero-order valence-corrected chi connectivity index (χ0v) is 14.9. The second kappa shape index (κ2) is 6.00. The zero-order chi connectivity index (χ0) is 17.5. The van der Waals surface area contributed by atoms with Crippen molar-refractivity contribution in [2.24, 2.45) is 17.3 Å². The number of aromatic nitrogens is 3. The standard InChI is InChI=1S/C18H24N4O2/c1-11(23)14-9-13(18(14,2)3)10-16-20-17(21-24-16)12-6-7-19-15(8-12)22(4)5/h6-8,13-14H,9-10H2,1-5H3/t13-,14+/m1/s1. The molecule has 0 aromatic carbocycles. The van der Waals surface area contributed by atoms with Gasteiger partial charge in [0, 0.05) is 38.2 Å². The Hall–Kier alpha value is -2.24. The molecule has 1 saturated carbocycles. The van der Waals surface area contributed by atoms with Gasteiger partial charge in [0.1, 0.15) is 11.6 Å². The van der Waals surface area contributed by atoms with Gasteiger partial charge >= 0.3 is 0 Å². The number of anilines is 1. The van der Waals surface area contributed by atoms with Crippen molar-refractivity contribution in [2.75, 3.05) is 19.0 Å². The summed E-state index contributed by atoms with van der Waals surface area (Å²) in [6, 6.07) is 3.81. The summed E-state index contributed by atoms with van der Waals surface area (Å²) in [4.78, 5) is 22.4. The van der Waals surface area contributed by atoms with Crippen LogP contribution in [-0.2, 0) is 11.2 Å². The van der Waals surface area contributed by atoms with Crippen molar-refractivity contribution >= 4 is 11.6 Å². The van der Waals surface area contributed by atoms with Gasteiger partial charge in [-0.2, -0.15) is 4.98 Å². The molecule has 2 aromatic heterocycles. The molecule has 1 aliphatic rings. The summed E-state index contributed by atoms with van der Waals surface area (Å²) < 4.78 is 5.43. The third kappa shape index (κ3) is 2.92. The maximum atomic E-state index is 11.7.